The predicted molar refractivity (Wildman–Crippen MR) is 71.9 cm³/mol. The molecule has 1 radical (unpaired) electrons. The zero-order valence-electron chi connectivity index (χ0n) is 11.1. The highest BCUT2D eigenvalue weighted by atomic mass is 16.5. The first-order valence-corrected chi connectivity index (χ1v) is 6.81. The number of rotatable bonds is 6. The summed E-state index contributed by atoms with van der Waals surface area (Å²) in [7, 11) is 0. The van der Waals surface area contributed by atoms with Gasteiger partial charge in [-0.1, -0.05) is 25.5 Å². The van der Waals surface area contributed by atoms with Crippen molar-refractivity contribution in [1.82, 2.24) is 4.90 Å². The van der Waals surface area contributed by atoms with Gasteiger partial charge in [-0.2, -0.15) is 0 Å². The fourth-order valence-electron chi connectivity index (χ4n) is 2.22. The maximum absolute atomic E-state index is 6.04. The Labute approximate surface area is 110 Å². The van der Waals surface area contributed by atoms with Crippen LogP contribution in [-0.2, 0) is 4.74 Å². The van der Waals surface area contributed by atoms with E-state index in [0.29, 0.717) is 0 Å². The minimum absolute atomic E-state index is 0.267. The lowest BCUT2D eigenvalue weighted by Crippen LogP contribution is -2.42. The molecule has 1 aliphatic heterocycles. The molecule has 1 saturated heterocycles. The topological polar surface area (TPSA) is 21.7 Å². The molecule has 1 aromatic carbocycles. The average Bonchev–Trinajstić information content (AvgIpc) is 2.41. The van der Waals surface area contributed by atoms with Gasteiger partial charge in [0.05, 0.1) is 13.2 Å². The van der Waals surface area contributed by atoms with Crippen LogP contribution in [0, 0.1) is 6.07 Å². The van der Waals surface area contributed by atoms with E-state index in [-0.39, 0.29) is 6.10 Å². The molecule has 2 rings (SSSR count). The first-order chi connectivity index (χ1) is 8.88. The summed E-state index contributed by atoms with van der Waals surface area (Å²) >= 11 is 0. The van der Waals surface area contributed by atoms with E-state index in [2.05, 4.69) is 17.9 Å². The van der Waals surface area contributed by atoms with Crippen molar-refractivity contribution >= 4 is 0 Å². The van der Waals surface area contributed by atoms with Crippen molar-refractivity contribution in [1.29, 1.82) is 0 Å². The van der Waals surface area contributed by atoms with Crippen LogP contribution in [0.3, 0.4) is 0 Å². The van der Waals surface area contributed by atoms with Gasteiger partial charge in [-0.05, 0) is 24.6 Å². The minimum atomic E-state index is 0.267. The molecule has 0 spiro atoms. The van der Waals surface area contributed by atoms with Gasteiger partial charge in [0.15, 0.2) is 0 Å². The van der Waals surface area contributed by atoms with Crippen LogP contribution in [0.1, 0.15) is 19.8 Å². The molecule has 1 fully saturated rings. The monoisotopic (exact) mass is 248 g/mol. The van der Waals surface area contributed by atoms with E-state index in [4.69, 9.17) is 9.47 Å². The lowest BCUT2D eigenvalue weighted by atomic mass is 10.2. The second-order valence-corrected chi connectivity index (χ2v) is 4.68. The van der Waals surface area contributed by atoms with E-state index in [0.717, 1.165) is 51.4 Å². The first-order valence-electron chi connectivity index (χ1n) is 6.81. The van der Waals surface area contributed by atoms with E-state index >= 15 is 0 Å². The molecule has 1 aromatic rings. The summed E-state index contributed by atoms with van der Waals surface area (Å²) in [5, 5.41) is 0. The lowest BCUT2D eigenvalue weighted by molar-refractivity contribution is 0.0179. The van der Waals surface area contributed by atoms with Gasteiger partial charge in [0.1, 0.15) is 11.9 Å². The molecule has 1 unspecified atom stereocenters. The molecule has 0 aliphatic carbocycles. The summed E-state index contributed by atoms with van der Waals surface area (Å²) in [4.78, 5) is 2.43. The summed E-state index contributed by atoms with van der Waals surface area (Å²) in [6, 6.07) is 10.8. The van der Waals surface area contributed by atoms with Crippen LogP contribution in [0.25, 0.3) is 0 Å². The minimum Gasteiger partial charge on any atom is -0.489 e. The number of nitrogens with zero attached hydrogens (tertiary/aromatic N) is 1. The van der Waals surface area contributed by atoms with Gasteiger partial charge < -0.3 is 9.47 Å². The van der Waals surface area contributed by atoms with Crippen LogP contribution in [-0.4, -0.2) is 43.9 Å². The maximum atomic E-state index is 6.04. The Kier molecular flexibility index (Phi) is 5.49. The van der Waals surface area contributed by atoms with Gasteiger partial charge >= 0.3 is 0 Å². The Morgan fingerprint density at radius 1 is 1.44 bits per heavy atom. The summed E-state index contributed by atoms with van der Waals surface area (Å²) in [6.45, 7) is 6.92. The Morgan fingerprint density at radius 2 is 2.28 bits per heavy atom. The number of benzene rings is 1. The second kappa shape index (κ2) is 7.39. The van der Waals surface area contributed by atoms with Crippen molar-refractivity contribution in [3.05, 3.63) is 30.3 Å². The van der Waals surface area contributed by atoms with E-state index in [1.165, 1.54) is 0 Å². The Balaban J connectivity index is 1.86. The third-order valence-electron chi connectivity index (χ3n) is 3.16. The lowest BCUT2D eigenvalue weighted by Gasteiger charge is -2.30. The van der Waals surface area contributed by atoms with Crippen LogP contribution in [0.2, 0.25) is 0 Å². The van der Waals surface area contributed by atoms with Gasteiger partial charge in [0, 0.05) is 19.6 Å². The summed E-state index contributed by atoms with van der Waals surface area (Å²) in [6.07, 6.45) is 2.50. The number of ether oxygens (including phenoxy) is 2. The molecule has 3 heteroatoms. The van der Waals surface area contributed by atoms with Crippen LogP contribution >= 0.6 is 0 Å². The highest BCUT2D eigenvalue weighted by molar-refractivity contribution is 5.20. The van der Waals surface area contributed by atoms with Gasteiger partial charge in [-0.25, -0.2) is 0 Å². The van der Waals surface area contributed by atoms with E-state index < -0.39 is 0 Å². The van der Waals surface area contributed by atoms with Crippen molar-refractivity contribution in [2.24, 2.45) is 0 Å². The SMILES string of the molecule is CCCC(CN1CCOCC1)Oc1c[c]ccc1. The number of hydrogen-bond acceptors (Lipinski definition) is 3. The zero-order valence-corrected chi connectivity index (χ0v) is 11.1. The third kappa shape index (κ3) is 4.31. The molecule has 0 aromatic heterocycles. The fourth-order valence-corrected chi connectivity index (χ4v) is 2.22. The molecule has 0 saturated carbocycles. The van der Waals surface area contributed by atoms with Crippen LogP contribution < -0.4 is 4.74 Å². The molecule has 1 aliphatic rings. The summed E-state index contributed by atoms with van der Waals surface area (Å²) in [5.74, 6) is 0.921. The molecule has 0 N–H and O–H groups in total. The van der Waals surface area contributed by atoms with Crippen molar-refractivity contribution < 1.29 is 9.47 Å². The number of morpholine rings is 1. The fraction of sp³-hybridized carbons (Fsp3) is 0.600. The maximum Gasteiger partial charge on any atom is 0.120 e. The molecule has 0 bridgehead atoms. The zero-order chi connectivity index (χ0) is 12.6. The highest BCUT2D eigenvalue weighted by Crippen LogP contribution is 2.14. The Morgan fingerprint density at radius 3 is 2.94 bits per heavy atom. The van der Waals surface area contributed by atoms with Gasteiger partial charge in [0.2, 0.25) is 0 Å². The Bertz CT molecular complexity index is 323. The predicted octanol–water partition coefficient (Wildman–Crippen LogP) is 2.37. The molecule has 18 heavy (non-hydrogen) atoms. The quantitative estimate of drug-likeness (QED) is 0.771. The smallest absolute Gasteiger partial charge is 0.120 e. The van der Waals surface area contributed by atoms with Crippen LogP contribution in [0.4, 0.5) is 0 Å². The highest BCUT2D eigenvalue weighted by Gasteiger charge is 2.17. The molecular formula is C15H22NO2. The molecule has 0 amide bonds. The van der Waals surface area contributed by atoms with Crippen molar-refractivity contribution in [3.63, 3.8) is 0 Å². The van der Waals surface area contributed by atoms with E-state index in [9.17, 15) is 0 Å². The molecule has 3 nitrogen and oxygen atoms in total. The van der Waals surface area contributed by atoms with Crippen molar-refractivity contribution in [2.45, 2.75) is 25.9 Å². The third-order valence-corrected chi connectivity index (χ3v) is 3.16. The molecule has 1 atom stereocenters. The van der Waals surface area contributed by atoms with Crippen LogP contribution in [0.15, 0.2) is 24.3 Å². The van der Waals surface area contributed by atoms with Crippen molar-refractivity contribution in [2.75, 3.05) is 32.8 Å². The van der Waals surface area contributed by atoms with E-state index in [1.807, 2.05) is 24.3 Å². The van der Waals surface area contributed by atoms with E-state index in [1.54, 1.807) is 0 Å². The number of hydrogen-bond donors (Lipinski definition) is 0. The molecule has 1 heterocycles. The van der Waals surface area contributed by atoms with Crippen molar-refractivity contribution in [3.8, 4) is 5.75 Å². The standard InChI is InChI=1S/C15H22NO2/c1-2-6-15(13-16-9-11-17-12-10-16)18-14-7-4-3-5-8-14/h3-4,7-8,15H,2,6,9-13H2,1H3. The van der Waals surface area contributed by atoms with Crippen LogP contribution in [0.5, 0.6) is 5.75 Å². The Hall–Kier alpha value is -1.06. The molecular weight excluding hydrogens is 226 g/mol. The van der Waals surface area contributed by atoms with Gasteiger partial charge in [-0.3, -0.25) is 4.90 Å². The molecule has 99 valence electrons. The summed E-state index contributed by atoms with van der Waals surface area (Å²) in [5.41, 5.74) is 0. The van der Waals surface area contributed by atoms with Gasteiger partial charge in [0.25, 0.3) is 0 Å². The summed E-state index contributed by atoms with van der Waals surface area (Å²) < 4.78 is 11.4. The normalized spacial score (nSPS) is 18.5. The van der Waals surface area contributed by atoms with Gasteiger partial charge in [-0.15, -0.1) is 0 Å². The second-order valence-electron chi connectivity index (χ2n) is 4.68. The first kappa shape index (κ1) is 13.4. The average molecular weight is 248 g/mol. The largest absolute Gasteiger partial charge is 0.489 e.